The molecule has 2 aromatic rings. The molecule has 0 saturated carbocycles. The summed E-state index contributed by atoms with van der Waals surface area (Å²) in [5.74, 6) is 5.03. The van der Waals surface area contributed by atoms with Gasteiger partial charge in [-0.25, -0.2) is 0 Å². The van der Waals surface area contributed by atoms with Crippen molar-refractivity contribution in [3.05, 3.63) is 53.9 Å². The highest BCUT2D eigenvalue weighted by molar-refractivity contribution is 7.97. The Morgan fingerprint density at radius 1 is 1.17 bits per heavy atom. The largest absolute Gasteiger partial charge is 0.321 e. The van der Waals surface area contributed by atoms with Gasteiger partial charge in [-0.15, -0.1) is 0 Å². The fourth-order valence-corrected chi connectivity index (χ4v) is 2.56. The van der Waals surface area contributed by atoms with E-state index >= 15 is 0 Å². The number of aromatic nitrogens is 1. The molecule has 0 bridgehead atoms. The fraction of sp³-hybridized carbons (Fsp3) is 0.294. The number of hydrogen-bond donors (Lipinski definition) is 3. The Balaban J connectivity index is 1.92. The molecule has 1 aromatic heterocycles. The summed E-state index contributed by atoms with van der Waals surface area (Å²) in [6.07, 6.45) is 6.38. The highest BCUT2D eigenvalue weighted by atomic mass is 32.2. The van der Waals surface area contributed by atoms with Crippen LogP contribution in [0.3, 0.4) is 0 Å². The van der Waals surface area contributed by atoms with Crippen molar-refractivity contribution < 1.29 is 4.79 Å². The third-order valence-electron chi connectivity index (χ3n) is 3.42. The summed E-state index contributed by atoms with van der Waals surface area (Å²) in [6.45, 7) is 2.18. The number of nitrogens with two attached hydrogens (primary N) is 1. The predicted octanol–water partition coefficient (Wildman–Crippen LogP) is 3.54. The number of nitrogens with one attached hydrogen (secondary N) is 2. The van der Waals surface area contributed by atoms with E-state index in [2.05, 4.69) is 22.1 Å². The number of carbonyl (C=O) groups is 1. The Kier molecular flexibility index (Phi) is 7.06. The van der Waals surface area contributed by atoms with Crippen LogP contribution in [0.15, 0.2) is 47.5 Å². The molecule has 4 N–H and O–H groups in total. The van der Waals surface area contributed by atoms with Gasteiger partial charge in [0.1, 0.15) is 5.69 Å². The fourth-order valence-electron chi connectivity index (χ4n) is 2.16. The van der Waals surface area contributed by atoms with E-state index in [0.29, 0.717) is 5.69 Å². The Labute approximate surface area is 141 Å². The molecular weight excluding hydrogens is 308 g/mol. The number of nitrogens with zero attached hydrogens (tertiary/aromatic N) is 1. The second-order valence-electron chi connectivity index (χ2n) is 5.21. The first-order valence-electron chi connectivity index (χ1n) is 7.71. The third-order valence-corrected chi connectivity index (χ3v) is 4.04. The Morgan fingerprint density at radius 2 is 1.96 bits per heavy atom. The lowest BCUT2D eigenvalue weighted by molar-refractivity contribution is 0.102. The smallest absolute Gasteiger partial charge is 0.274 e. The molecule has 0 unspecified atom stereocenters. The lowest BCUT2D eigenvalue weighted by Gasteiger charge is -2.06. The quantitative estimate of drug-likeness (QED) is 0.298. The number of rotatable bonds is 8. The van der Waals surface area contributed by atoms with Crippen LogP contribution < -0.4 is 16.0 Å². The number of hydrogen-bond acceptors (Lipinski definition) is 5. The van der Waals surface area contributed by atoms with Crippen molar-refractivity contribution in [1.82, 2.24) is 9.82 Å². The van der Waals surface area contributed by atoms with Crippen LogP contribution in [0.4, 0.5) is 5.69 Å². The van der Waals surface area contributed by atoms with E-state index in [1.165, 1.54) is 30.4 Å². The van der Waals surface area contributed by atoms with E-state index in [4.69, 9.17) is 5.84 Å². The second-order valence-corrected chi connectivity index (χ2v) is 6.12. The Hall–Kier alpha value is -1.89. The van der Waals surface area contributed by atoms with Crippen LogP contribution >= 0.6 is 11.9 Å². The summed E-state index contributed by atoms with van der Waals surface area (Å²) >= 11 is 1.31. The van der Waals surface area contributed by atoms with Gasteiger partial charge in [-0.3, -0.25) is 15.6 Å². The predicted molar refractivity (Wildman–Crippen MR) is 95.0 cm³/mol. The van der Waals surface area contributed by atoms with Crippen LogP contribution in [0.5, 0.6) is 0 Å². The highest BCUT2D eigenvalue weighted by Gasteiger charge is 2.07. The van der Waals surface area contributed by atoms with Gasteiger partial charge in [-0.1, -0.05) is 25.8 Å². The molecule has 0 aliphatic heterocycles. The molecule has 1 amide bonds. The van der Waals surface area contributed by atoms with Gasteiger partial charge < -0.3 is 5.32 Å². The van der Waals surface area contributed by atoms with Gasteiger partial charge in [0.05, 0.1) is 0 Å². The summed E-state index contributed by atoms with van der Waals surface area (Å²) in [6, 6.07) is 11.2. The Bertz CT molecular complexity index is 613. The first kappa shape index (κ1) is 17.5. The van der Waals surface area contributed by atoms with Gasteiger partial charge in [0, 0.05) is 16.8 Å². The van der Waals surface area contributed by atoms with Crippen LogP contribution in [0, 0.1) is 0 Å². The molecule has 0 saturated heterocycles. The average Bonchev–Trinajstić information content (AvgIpc) is 2.58. The van der Waals surface area contributed by atoms with Gasteiger partial charge in [0.2, 0.25) is 0 Å². The van der Waals surface area contributed by atoms with Crippen LogP contribution in [0.2, 0.25) is 0 Å². The monoisotopic (exact) mass is 330 g/mol. The molecule has 2 rings (SSSR count). The van der Waals surface area contributed by atoms with E-state index in [1.807, 2.05) is 30.3 Å². The van der Waals surface area contributed by atoms with Crippen LogP contribution in [-0.2, 0) is 6.42 Å². The zero-order valence-corrected chi connectivity index (χ0v) is 14.0. The normalized spacial score (nSPS) is 10.5. The lowest BCUT2D eigenvalue weighted by atomic mass is 10.1. The molecule has 0 aliphatic rings. The molecule has 122 valence electrons. The summed E-state index contributed by atoms with van der Waals surface area (Å²) in [4.78, 5) is 19.9. The summed E-state index contributed by atoms with van der Waals surface area (Å²) in [7, 11) is 0. The molecule has 0 aliphatic carbocycles. The van der Waals surface area contributed by atoms with Gasteiger partial charge >= 0.3 is 0 Å². The maximum atomic E-state index is 12.2. The minimum atomic E-state index is -0.206. The average molecular weight is 330 g/mol. The summed E-state index contributed by atoms with van der Waals surface area (Å²) in [5.41, 5.74) is 2.32. The topological polar surface area (TPSA) is 80.0 Å². The zero-order valence-electron chi connectivity index (χ0n) is 13.2. The molecule has 0 atom stereocenters. The zero-order chi connectivity index (χ0) is 16.5. The van der Waals surface area contributed by atoms with Crippen molar-refractivity contribution in [3.8, 4) is 0 Å². The molecule has 1 heterocycles. The number of hydrazine groups is 1. The first-order valence-corrected chi connectivity index (χ1v) is 8.53. The maximum Gasteiger partial charge on any atom is 0.274 e. The van der Waals surface area contributed by atoms with Gasteiger partial charge in [0.15, 0.2) is 0 Å². The second kappa shape index (κ2) is 9.29. The Morgan fingerprint density at radius 3 is 2.57 bits per heavy atom. The highest BCUT2D eigenvalue weighted by Crippen LogP contribution is 2.17. The lowest BCUT2D eigenvalue weighted by Crippen LogP contribution is -2.14. The van der Waals surface area contributed by atoms with E-state index in [1.54, 1.807) is 12.3 Å². The number of pyridine rings is 1. The number of unbranched alkanes of at least 4 members (excludes halogenated alkanes) is 2. The molecule has 1 aromatic carbocycles. The minimum absolute atomic E-state index is 0.206. The molecule has 0 fully saturated rings. The van der Waals surface area contributed by atoms with Crippen LogP contribution in [0.1, 0.15) is 42.2 Å². The summed E-state index contributed by atoms with van der Waals surface area (Å²) in [5, 5.41) is 2.84. The van der Waals surface area contributed by atoms with Gasteiger partial charge in [-0.2, -0.15) is 4.83 Å². The van der Waals surface area contributed by atoms with Gasteiger partial charge in [-0.05, 0) is 60.7 Å². The van der Waals surface area contributed by atoms with E-state index in [-0.39, 0.29) is 5.91 Å². The van der Waals surface area contributed by atoms with Crippen molar-refractivity contribution in [2.75, 3.05) is 5.32 Å². The number of benzene rings is 1. The van der Waals surface area contributed by atoms with E-state index in [9.17, 15) is 4.79 Å². The molecular formula is C17H22N4OS. The third kappa shape index (κ3) is 5.67. The minimum Gasteiger partial charge on any atom is -0.321 e. The van der Waals surface area contributed by atoms with Crippen molar-refractivity contribution >= 4 is 23.5 Å². The standard InChI is InChI=1S/C17H22N4OS/c1-2-3-4-5-13-6-11-16(19-12-13)17(22)20-14-7-9-15(10-8-14)23-21-18/h6-12,21H,2-5,18H2,1H3,(H,20,22). The molecule has 0 spiro atoms. The van der Waals surface area contributed by atoms with Crippen LogP contribution in [-0.4, -0.2) is 10.9 Å². The van der Waals surface area contributed by atoms with Gasteiger partial charge in [0.25, 0.3) is 5.91 Å². The van der Waals surface area contributed by atoms with E-state index in [0.717, 1.165) is 23.4 Å². The van der Waals surface area contributed by atoms with E-state index < -0.39 is 0 Å². The number of aryl methyl sites for hydroxylation is 1. The summed E-state index contributed by atoms with van der Waals surface area (Å²) < 4.78 is 0. The van der Waals surface area contributed by atoms with Crippen molar-refractivity contribution in [2.45, 2.75) is 37.5 Å². The number of amides is 1. The SMILES string of the molecule is CCCCCc1ccc(C(=O)Nc2ccc(SNN)cc2)nc1. The molecule has 5 nitrogen and oxygen atoms in total. The van der Waals surface area contributed by atoms with Crippen molar-refractivity contribution in [1.29, 1.82) is 0 Å². The molecule has 0 radical (unpaired) electrons. The van der Waals surface area contributed by atoms with Crippen molar-refractivity contribution in [3.63, 3.8) is 0 Å². The maximum absolute atomic E-state index is 12.2. The molecule has 6 heteroatoms. The number of anilines is 1. The number of carbonyl (C=O) groups excluding carboxylic acids is 1. The van der Waals surface area contributed by atoms with Crippen molar-refractivity contribution in [2.24, 2.45) is 5.84 Å². The first-order chi connectivity index (χ1) is 11.2. The van der Waals surface area contributed by atoms with Crippen LogP contribution in [0.25, 0.3) is 0 Å². The molecule has 23 heavy (non-hydrogen) atoms.